The summed E-state index contributed by atoms with van der Waals surface area (Å²) in [5, 5.41) is 0. The Hall–Kier alpha value is -3.24. The van der Waals surface area contributed by atoms with Gasteiger partial charge in [-0.2, -0.15) is 9.97 Å². The van der Waals surface area contributed by atoms with Crippen LogP contribution in [0.1, 0.15) is 36.5 Å². The van der Waals surface area contributed by atoms with Crippen LogP contribution in [0.4, 0.5) is 11.8 Å². The van der Waals surface area contributed by atoms with Gasteiger partial charge in [0.05, 0.1) is 6.33 Å². The highest BCUT2D eigenvalue weighted by atomic mass is 16.2. The Labute approximate surface area is 231 Å². The molecule has 5 heterocycles. The molecule has 208 valence electrons. The molecule has 0 bridgehead atoms. The van der Waals surface area contributed by atoms with E-state index < -0.39 is 0 Å². The Kier molecular flexibility index (Phi) is 7.92. The van der Waals surface area contributed by atoms with E-state index in [1.54, 1.807) is 0 Å². The Morgan fingerprint density at radius 3 is 2.23 bits per heavy atom. The molecule has 39 heavy (non-hydrogen) atoms. The van der Waals surface area contributed by atoms with Gasteiger partial charge in [0.2, 0.25) is 5.95 Å². The zero-order valence-corrected chi connectivity index (χ0v) is 23.2. The first-order valence-electron chi connectivity index (χ1n) is 14.7. The van der Waals surface area contributed by atoms with Crippen molar-refractivity contribution in [3.63, 3.8) is 0 Å². The number of imidazole rings is 1. The number of amides is 1. The summed E-state index contributed by atoms with van der Waals surface area (Å²) in [5.41, 5.74) is 2.55. The summed E-state index contributed by atoms with van der Waals surface area (Å²) in [7, 11) is 0. The van der Waals surface area contributed by atoms with Crippen LogP contribution in [-0.2, 0) is 6.54 Å². The number of carbonyl (C=O) groups is 1. The third-order valence-electron chi connectivity index (χ3n) is 8.50. The monoisotopic (exact) mass is 531 g/mol. The van der Waals surface area contributed by atoms with Gasteiger partial charge in [-0.25, -0.2) is 4.98 Å². The highest BCUT2D eigenvalue weighted by Gasteiger charge is 2.27. The molecule has 10 nitrogen and oxygen atoms in total. The second-order valence-electron chi connectivity index (χ2n) is 10.9. The first kappa shape index (κ1) is 26.0. The molecule has 3 saturated heterocycles. The Morgan fingerprint density at radius 1 is 0.795 bits per heavy atom. The number of nitrogens with zero attached hydrogens (tertiary/aromatic N) is 9. The molecule has 0 saturated carbocycles. The lowest BCUT2D eigenvalue weighted by molar-refractivity contribution is 0.0746. The molecule has 3 aromatic rings. The topological polar surface area (TPSA) is 76.9 Å². The molecule has 1 amide bonds. The number of rotatable bonds is 8. The standard InChI is InChI=1S/C29H41N9O/c1-2-33-15-17-34(18-16-33)11-8-14-38-23-30-25-26(31-29(32-27(25)38)37-12-6-7-13-37)35-19-21-36(22-20-35)28(39)24-9-4-3-5-10-24/h3-5,9-10,23H,2,6-8,11-22H2,1H3. The minimum atomic E-state index is 0.0984. The molecule has 0 atom stereocenters. The van der Waals surface area contributed by atoms with Crippen LogP contribution in [0.5, 0.6) is 0 Å². The Bertz CT molecular complexity index is 1240. The third-order valence-corrected chi connectivity index (χ3v) is 8.50. The van der Waals surface area contributed by atoms with Crippen LogP contribution in [0.25, 0.3) is 11.2 Å². The molecule has 10 heteroatoms. The minimum Gasteiger partial charge on any atom is -0.351 e. The van der Waals surface area contributed by atoms with Crippen molar-refractivity contribution in [1.82, 2.24) is 34.2 Å². The fourth-order valence-corrected chi connectivity index (χ4v) is 6.04. The van der Waals surface area contributed by atoms with E-state index in [2.05, 4.69) is 31.1 Å². The van der Waals surface area contributed by atoms with E-state index in [1.807, 2.05) is 41.6 Å². The van der Waals surface area contributed by atoms with E-state index in [0.29, 0.717) is 13.1 Å². The van der Waals surface area contributed by atoms with Crippen LogP contribution in [0.15, 0.2) is 36.7 Å². The van der Waals surface area contributed by atoms with Crippen LogP contribution < -0.4 is 9.80 Å². The van der Waals surface area contributed by atoms with Crippen molar-refractivity contribution in [1.29, 1.82) is 0 Å². The number of fused-ring (bicyclic) bond motifs is 1. The molecule has 1 aromatic carbocycles. The molecule has 0 aliphatic carbocycles. The zero-order chi connectivity index (χ0) is 26.6. The van der Waals surface area contributed by atoms with Gasteiger partial charge in [-0.3, -0.25) is 4.79 Å². The van der Waals surface area contributed by atoms with Gasteiger partial charge in [0.25, 0.3) is 5.91 Å². The number of hydrogen-bond acceptors (Lipinski definition) is 8. The van der Waals surface area contributed by atoms with Crippen molar-refractivity contribution in [3.05, 3.63) is 42.2 Å². The molecule has 6 rings (SSSR count). The van der Waals surface area contributed by atoms with Gasteiger partial charge in [0.1, 0.15) is 0 Å². The van der Waals surface area contributed by atoms with E-state index in [4.69, 9.17) is 15.0 Å². The zero-order valence-electron chi connectivity index (χ0n) is 23.2. The second-order valence-corrected chi connectivity index (χ2v) is 10.9. The Morgan fingerprint density at radius 2 is 1.51 bits per heavy atom. The minimum absolute atomic E-state index is 0.0984. The maximum Gasteiger partial charge on any atom is 0.253 e. The number of aromatic nitrogens is 4. The van der Waals surface area contributed by atoms with Crippen molar-refractivity contribution < 1.29 is 4.79 Å². The first-order valence-corrected chi connectivity index (χ1v) is 14.7. The van der Waals surface area contributed by atoms with E-state index in [9.17, 15) is 4.79 Å². The molecule has 0 N–H and O–H groups in total. The largest absolute Gasteiger partial charge is 0.351 e. The summed E-state index contributed by atoms with van der Waals surface area (Å²) in [6.07, 6.45) is 5.39. The van der Waals surface area contributed by atoms with Crippen LogP contribution in [0.3, 0.4) is 0 Å². The number of aryl methyl sites for hydroxylation is 1. The lowest BCUT2D eigenvalue weighted by atomic mass is 10.2. The van der Waals surface area contributed by atoms with E-state index in [1.165, 1.54) is 25.9 Å². The van der Waals surface area contributed by atoms with Gasteiger partial charge in [-0.1, -0.05) is 25.1 Å². The molecule has 0 unspecified atom stereocenters. The smallest absolute Gasteiger partial charge is 0.253 e. The predicted molar refractivity (Wildman–Crippen MR) is 154 cm³/mol. The average molecular weight is 532 g/mol. The van der Waals surface area contributed by atoms with Crippen LogP contribution in [-0.4, -0.2) is 119 Å². The number of carbonyl (C=O) groups excluding carboxylic acids is 1. The van der Waals surface area contributed by atoms with E-state index in [-0.39, 0.29) is 5.91 Å². The van der Waals surface area contributed by atoms with Gasteiger partial charge in [-0.05, 0) is 44.5 Å². The fraction of sp³-hybridized carbons (Fsp3) is 0.586. The summed E-state index contributed by atoms with van der Waals surface area (Å²) in [6.45, 7) is 14.9. The molecule has 3 aliphatic heterocycles. The van der Waals surface area contributed by atoms with Crippen molar-refractivity contribution in [3.8, 4) is 0 Å². The summed E-state index contributed by atoms with van der Waals surface area (Å²) >= 11 is 0. The van der Waals surface area contributed by atoms with Gasteiger partial charge >= 0.3 is 0 Å². The third kappa shape index (κ3) is 5.72. The Balaban J connectivity index is 1.17. The highest BCUT2D eigenvalue weighted by molar-refractivity contribution is 5.94. The molecule has 3 aliphatic rings. The summed E-state index contributed by atoms with van der Waals surface area (Å²) < 4.78 is 2.22. The number of anilines is 2. The van der Waals surface area contributed by atoms with Crippen LogP contribution in [0.2, 0.25) is 0 Å². The summed E-state index contributed by atoms with van der Waals surface area (Å²) in [6, 6.07) is 9.57. The molecule has 3 fully saturated rings. The van der Waals surface area contributed by atoms with Crippen LogP contribution >= 0.6 is 0 Å². The summed E-state index contributed by atoms with van der Waals surface area (Å²) in [5.74, 6) is 1.82. The summed E-state index contributed by atoms with van der Waals surface area (Å²) in [4.78, 5) is 39.6. The van der Waals surface area contributed by atoms with E-state index in [0.717, 1.165) is 93.8 Å². The molecular formula is C29H41N9O. The number of hydrogen-bond donors (Lipinski definition) is 0. The number of likely N-dealkylation sites (N-methyl/N-ethyl adjacent to an activating group) is 1. The predicted octanol–water partition coefficient (Wildman–Crippen LogP) is 2.42. The second kappa shape index (κ2) is 11.9. The molecular weight excluding hydrogens is 490 g/mol. The van der Waals surface area contributed by atoms with E-state index >= 15 is 0 Å². The maximum atomic E-state index is 13.0. The fourth-order valence-electron chi connectivity index (χ4n) is 6.04. The van der Waals surface area contributed by atoms with Crippen LogP contribution in [0, 0.1) is 0 Å². The van der Waals surface area contributed by atoms with Gasteiger partial charge in [0.15, 0.2) is 17.0 Å². The van der Waals surface area contributed by atoms with Crippen molar-refractivity contribution in [2.75, 3.05) is 88.3 Å². The normalized spacial score (nSPS) is 19.4. The van der Waals surface area contributed by atoms with Crippen molar-refractivity contribution >= 4 is 28.8 Å². The molecule has 2 aromatic heterocycles. The SMILES string of the molecule is CCN1CCN(CCCn2cnc3c(N4CCN(C(=O)c5ccccc5)CC4)nc(N4CCCC4)nc32)CC1. The lowest BCUT2D eigenvalue weighted by Crippen LogP contribution is -2.49. The van der Waals surface area contributed by atoms with Crippen molar-refractivity contribution in [2.24, 2.45) is 0 Å². The lowest BCUT2D eigenvalue weighted by Gasteiger charge is -2.35. The van der Waals surface area contributed by atoms with Gasteiger partial charge < -0.3 is 29.1 Å². The van der Waals surface area contributed by atoms with Gasteiger partial charge in [-0.15, -0.1) is 0 Å². The first-order chi connectivity index (χ1) is 19.2. The molecule has 0 radical (unpaired) electrons. The van der Waals surface area contributed by atoms with Crippen molar-refractivity contribution in [2.45, 2.75) is 32.7 Å². The highest BCUT2D eigenvalue weighted by Crippen LogP contribution is 2.28. The average Bonchev–Trinajstić information content (AvgIpc) is 3.68. The molecule has 0 spiro atoms. The van der Waals surface area contributed by atoms with Gasteiger partial charge in [0, 0.05) is 77.6 Å². The quantitative estimate of drug-likeness (QED) is 0.439. The number of piperazine rings is 2. The number of benzene rings is 1. The maximum absolute atomic E-state index is 13.0.